The Hall–Kier alpha value is -2.38. The van der Waals surface area contributed by atoms with Gasteiger partial charge >= 0.3 is 191 Å². The Morgan fingerprint density at radius 3 is 2.00 bits per heavy atom. The monoisotopic (exact) mass is 834 g/mol. The summed E-state index contributed by atoms with van der Waals surface area (Å²) in [5.74, 6) is 0.314. The number of allylic oxidation sites excluding steroid dienone is 2. The van der Waals surface area contributed by atoms with Crippen LogP contribution in [0.15, 0.2) is 29.8 Å². The van der Waals surface area contributed by atoms with Crippen molar-refractivity contribution in [2.45, 2.75) is 133 Å². The van der Waals surface area contributed by atoms with E-state index >= 15 is 0 Å². The summed E-state index contributed by atoms with van der Waals surface area (Å²) in [4.78, 5) is 39.8. The summed E-state index contributed by atoms with van der Waals surface area (Å²) in [5, 5.41) is 0. The van der Waals surface area contributed by atoms with Crippen LogP contribution in [0.1, 0.15) is 128 Å². The number of hydrogen-bond donors (Lipinski definition) is 0. The number of esters is 2. The number of benzene rings is 2. The zero-order valence-electron chi connectivity index (χ0n) is 33.0. The number of ether oxygens (including phenoxy) is 4. The molecule has 0 atom stereocenters. The second-order valence-electron chi connectivity index (χ2n) is 15.8. The van der Waals surface area contributed by atoms with Gasteiger partial charge in [0.15, 0.2) is 5.78 Å². The van der Waals surface area contributed by atoms with Crippen LogP contribution < -0.4 is 14.2 Å². The molecule has 7 nitrogen and oxygen atoms in total. The van der Waals surface area contributed by atoms with E-state index in [9.17, 15) is 14.4 Å². The zero-order valence-corrected chi connectivity index (χ0v) is 36.2. The minimum Gasteiger partial charge on any atom is -0.0850 e. The number of methoxy groups -OCH3 is 1. The molecule has 0 saturated carbocycles. The van der Waals surface area contributed by atoms with Gasteiger partial charge in [-0.15, -0.1) is 0 Å². The van der Waals surface area contributed by atoms with Crippen molar-refractivity contribution in [1.82, 2.24) is 0 Å². The SMILES string of the molecule is COCC(C)(C)C(=O)CC(=O)Oc1c(C)c(C)c(OC(=O)CCC(C)(C)c2ccc(OC(C)C)c([CH]=[Ru]([Cl])[Cl])c2)c(C(C)(C)CC=C(C)C)c1C. The molecule has 0 saturated heterocycles. The van der Waals surface area contributed by atoms with Crippen LogP contribution in [0.5, 0.6) is 17.2 Å². The summed E-state index contributed by atoms with van der Waals surface area (Å²) in [5.41, 5.74) is 4.19. The van der Waals surface area contributed by atoms with Gasteiger partial charge in [0.05, 0.1) is 6.61 Å². The fourth-order valence-corrected chi connectivity index (χ4v) is 7.71. The summed E-state index contributed by atoms with van der Waals surface area (Å²) >= 11 is -2.12. The van der Waals surface area contributed by atoms with Gasteiger partial charge in [-0.2, -0.15) is 0 Å². The molecule has 2 aromatic rings. The normalized spacial score (nSPS) is 12.4. The van der Waals surface area contributed by atoms with Gasteiger partial charge in [-0.1, -0.05) is 39.3 Å². The molecule has 0 fully saturated rings. The summed E-state index contributed by atoms with van der Waals surface area (Å²) in [6.07, 6.45) is 3.11. The first-order chi connectivity index (χ1) is 23.4. The average Bonchev–Trinajstić information content (AvgIpc) is 3.00. The summed E-state index contributed by atoms with van der Waals surface area (Å²) < 4.78 is 25.3. The Balaban J connectivity index is 2.50. The average molecular weight is 835 g/mol. The maximum atomic E-state index is 13.7. The van der Waals surface area contributed by atoms with Crippen molar-refractivity contribution < 1.29 is 46.8 Å². The number of Topliss-reactive ketones (excluding diaryl/α,β-unsaturated/α-hetero) is 1. The molecule has 0 amide bonds. The van der Waals surface area contributed by atoms with Gasteiger partial charge in [-0.05, 0) is 34.1 Å². The van der Waals surface area contributed by atoms with E-state index in [1.165, 1.54) is 7.11 Å². The quantitative estimate of drug-likeness (QED) is 0.0516. The molecule has 2 aromatic carbocycles. The van der Waals surface area contributed by atoms with Crippen LogP contribution in [-0.2, 0) is 43.5 Å². The second kappa shape index (κ2) is 18.6. The van der Waals surface area contributed by atoms with E-state index < -0.39 is 30.3 Å². The van der Waals surface area contributed by atoms with Crippen LogP contribution >= 0.6 is 19.4 Å². The third-order valence-corrected chi connectivity index (χ3v) is 11.0. The fourth-order valence-electron chi connectivity index (χ4n) is 5.93. The van der Waals surface area contributed by atoms with Crippen molar-refractivity contribution in [3.63, 3.8) is 0 Å². The molecule has 10 heteroatoms. The molecule has 0 aliphatic heterocycles. The summed E-state index contributed by atoms with van der Waals surface area (Å²) in [6, 6.07) is 6.00. The number of carbonyl (C=O) groups excluding carboxylic acids is 3. The molecule has 0 unspecified atom stereocenters. The summed E-state index contributed by atoms with van der Waals surface area (Å²) in [6.45, 7) is 25.6. The Morgan fingerprint density at radius 1 is 0.863 bits per heavy atom. The van der Waals surface area contributed by atoms with Gasteiger partial charge < -0.3 is 9.47 Å². The Morgan fingerprint density at radius 2 is 1.45 bits per heavy atom. The van der Waals surface area contributed by atoms with E-state index in [-0.39, 0.29) is 42.7 Å². The molecule has 0 bridgehead atoms. The minimum absolute atomic E-state index is 0.00601. The van der Waals surface area contributed by atoms with Crippen molar-refractivity contribution >= 4 is 41.7 Å². The molecule has 0 N–H and O–H groups in total. The van der Waals surface area contributed by atoms with Crippen molar-refractivity contribution in [2.24, 2.45) is 5.41 Å². The summed E-state index contributed by atoms with van der Waals surface area (Å²) in [7, 11) is 14.0. The number of halogens is 2. The zero-order chi connectivity index (χ0) is 39.1. The van der Waals surface area contributed by atoms with Crippen molar-refractivity contribution in [3.8, 4) is 17.2 Å². The number of ketones is 1. The standard InChI is InChI=1S/C41H58O7.2ClH.Ru/c1-25(2)18-20-40(11,12)36-30(8)37(48-35(44)23-33(42)41(13,14)24-45-15)28(6)29(7)38(36)47-34(43)19-21-39(9,10)31-16-17-32(27(5)22-31)46-26(3)4;;;/h5,16-18,22,26H,19-21,23-24H2,1-4,6-15H3;2*1H;/q;;;+2/p-2. The number of hydrogen-bond acceptors (Lipinski definition) is 7. The molecule has 0 aromatic heterocycles. The maximum absolute atomic E-state index is 13.7. The van der Waals surface area contributed by atoms with Gasteiger partial charge in [-0.3, -0.25) is 9.59 Å². The molecule has 0 aliphatic carbocycles. The number of carbonyl (C=O) groups is 3. The predicted octanol–water partition coefficient (Wildman–Crippen LogP) is 10.3. The second-order valence-corrected chi connectivity index (χ2v) is 21.5. The Labute approximate surface area is 319 Å². The molecule has 51 heavy (non-hydrogen) atoms. The van der Waals surface area contributed by atoms with E-state index in [1.54, 1.807) is 13.8 Å². The molecule has 286 valence electrons. The van der Waals surface area contributed by atoms with E-state index in [0.717, 1.165) is 28.0 Å². The Bertz CT molecular complexity index is 1660. The third kappa shape index (κ3) is 12.6. The van der Waals surface area contributed by atoms with E-state index in [4.69, 9.17) is 38.3 Å². The van der Waals surface area contributed by atoms with Gasteiger partial charge in [0, 0.05) is 12.5 Å². The van der Waals surface area contributed by atoms with Crippen molar-refractivity contribution in [1.29, 1.82) is 0 Å². The van der Waals surface area contributed by atoms with Gasteiger partial charge in [0.2, 0.25) is 0 Å². The predicted molar refractivity (Wildman–Crippen MR) is 206 cm³/mol. The van der Waals surface area contributed by atoms with Crippen LogP contribution in [-0.4, -0.2) is 42.2 Å². The minimum atomic E-state index is -2.12. The van der Waals surface area contributed by atoms with Crippen LogP contribution in [0, 0.1) is 26.2 Å². The van der Waals surface area contributed by atoms with Crippen molar-refractivity contribution in [3.05, 3.63) is 63.2 Å². The third-order valence-electron chi connectivity index (χ3n) is 9.18. The van der Waals surface area contributed by atoms with Crippen LogP contribution in [0.25, 0.3) is 0 Å². The molecular formula is C41H58Cl2O7Ru. The fraction of sp³-hybridized carbons (Fsp3) is 0.561. The first kappa shape index (κ1) is 44.8. The van der Waals surface area contributed by atoms with E-state index in [0.29, 0.717) is 41.0 Å². The van der Waals surface area contributed by atoms with Gasteiger partial charge in [0.1, 0.15) is 12.2 Å². The van der Waals surface area contributed by atoms with Crippen LogP contribution in [0.3, 0.4) is 0 Å². The molecule has 0 heterocycles. The van der Waals surface area contributed by atoms with E-state index in [2.05, 4.69) is 33.8 Å². The van der Waals surface area contributed by atoms with Crippen LogP contribution in [0.4, 0.5) is 0 Å². The van der Waals surface area contributed by atoms with Gasteiger partial charge in [-0.25, -0.2) is 0 Å². The molecule has 0 radical (unpaired) electrons. The number of rotatable bonds is 17. The first-order valence-corrected chi connectivity index (χ1v) is 22.8. The van der Waals surface area contributed by atoms with Crippen molar-refractivity contribution in [2.75, 3.05) is 13.7 Å². The van der Waals surface area contributed by atoms with Gasteiger partial charge in [0.25, 0.3) is 0 Å². The molecular weight excluding hydrogens is 776 g/mol. The van der Waals surface area contributed by atoms with E-state index in [1.807, 2.05) is 71.3 Å². The Kier molecular flexibility index (Phi) is 16.3. The smallest absolute Gasteiger partial charge is 0.0850 e. The molecule has 0 aliphatic rings. The van der Waals surface area contributed by atoms with Crippen LogP contribution in [0.2, 0.25) is 0 Å². The first-order valence-electron chi connectivity index (χ1n) is 17.3. The molecule has 2 rings (SSSR count). The topological polar surface area (TPSA) is 88.1 Å². The molecule has 0 spiro atoms.